The first-order valence-electron chi connectivity index (χ1n) is 7.39. The van der Waals surface area contributed by atoms with Crippen LogP contribution in [0.25, 0.3) is 5.82 Å². The number of hydrogen-bond donors (Lipinski definition) is 0. The van der Waals surface area contributed by atoms with Crippen molar-refractivity contribution >= 4 is 11.9 Å². The summed E-state index contributed by atoms with van der Waals surface area (Å²) in [6.07, 6.45) is 4.39. The summed E-state index contributed by atoms with van der Waals surface area (Å²) in [5, 5.41) is 4.17. The number of hydrogen-bond acceptors (Lipinski definition) is 7. The van der Waals surface area contributed by atoms with Gasteiger partial charge in [-0.3, -0.25) is 0 Å². The van der Waals surface area contributed by atoms with Crippen molar-refractivity contribution in [1.82, 2.24) is 14.8 Å². The third-order valence-electron chi connectivity index (χ3n) is 3.57. The van der Waals surface area contributed by atoms with Gasteiger partial charge in [0.25, 0.3) is 0 Å². The van der Waals surface area contributed by atoms with Crippen molar-refractivity contribution in [2.24, 2.45) is 0 Å². The number of esters is 2. The van der Waals surface area contributed by atoms with Crippen molar-refractivity contribution in [3.05, 3.63) is 65.5 Å². The molecule has 0 fully saturated rings. The molecule has 0 aromatic carbocycles. The summed E-state index contributed by atoms with van der Waals surface area (Å²) >= 11 is 0. The van der Waals surface area contributed by atoms with E-state index in [1.165, 1.54) is 19.6 Å². The number of methoxy groups -OCH3 is 1. The highest BCUT2D eigenvalue weighted by molar-refractivity contribution is 5.91. The number of ether oxygens (including phenoxy) is 2. The molecule has 0 saturated heterocycles. The fourth-order valence-corrected chi connectivity index (χ4v) is 2.26. The van der Waals surface area contributed by atoms with Crippen molar-refractivity contribution in [3.8, 4) is 5.82 Å². The molecule has 0 amide bonds. The lowest BCUT2D eigenvalue weighted by molar-refractivity contribution is 0.0452. The maximum absolute atomic E-state index is 12.3. The molecule has 8 heteroatoms. The van der Waals surface area contributed by atoms with E-state index in [-0.39, 0.29) is 12.4 Å². The lowest BCUT2D eigenvalue weighted by atomic mass is 10.2. The summed E-state index contributed by atoms with van der Waals surface area (Å²) in [5.74, 6) is -0.579. The minimum atomic E-state index is -0.629. The van der Waals surface area contributed by atoms with Crippen LogP contribution in [-0.2, 0) is 16.1 Å². The van der Waals surface area contributed by atoms with E-state index in [2.05, 4.69) is 14.8 Å². The van der Waals surface area contributed by atoms with Crippen molar-refractivity contribution in [2.75, 3.05) is 7.11 Å². The smallest absolute Gasteiger partial charge is 0.374 e. The number of furan rings is 1. The van der Waals surface area contributed by atoms with Gasteiger partial charge in [-0.25, -0.2) is 19.3 Å². The number of carbonyl (C=O) groups excluding carboxylic acids is 2. The van der Waals surface area contributed by atoms with Crippen LogP contribution in [0.1, 0.15) is 32.2 Å². The molecule has 0 radical (unpaired) electrons. The highest BCUT2D eigenvalue weighted by Crippen LogP contribution is 2.16. The third-order valence-corrected chi connectivity index (χ3v) is 3.57. The molecule has 0 N–H and O–H groups in total. The van der Waals surface area contributed by atoms with Gasteiger partial charge < -0.3 is 13.9 Å². The topological polar surface area (TPSA) is 96.5 Å². The van der Waals surface area contributed by atoms with Gasteiger partial charge in [-0.15, -0.1) is 0 Å². The molecule has 3 aromatic rings. The first kappa shape index (κ1) is 16.4. The van der Waals surface area contributed by atoms with Gasteiger partial charge in [-0.05, 0) is 25.1 Å². The molecular weight excluding hydrogens is 326 g/mol. The van der Waals surface area contributed by atoms with Gasteiger partial charge in [0.2, 0.25) is 5.76 Å². The van der Waals surface area contributed by atoms with Crippen LogP contribution >= 0.6 is 0 Å². The fourth-order valence-electron chi connectivity index (χ4n) is 2.26. The minimum absolute atomic E-state index is 0.0104. The average molecular weight is 341 g/mol. The number of aromatic nitrogens is 3. The Bertz CT molecular complexity index is 898. The molecule has 3 aromatic heterocycles. The standard InChI is InChI=1S/C17H15N3O5/c1-11-13(9-19-20(11)14-5-3-4-7-18-14)16(21)25-10-12-6-8-24-15(12)17(22)23-2/h3-9H,10H2,1-2H3. The first-order valence-corrected chi connectivity index (χ1v) is 7.39. The second-order valence-corrected chi connectivity index (χ2v) is 5.09. The molecule has 3 heterocycles. The van der Waals surface area contributed by atoms with Crippen LogP contribution in [0, 0.1) is 6.92 Å². The van der Waals surface area contributed by atoms with E-state index in [1.807, 2.05) is 6.07 Å². The molecule has 128 valence electrons. The molecule has 0 saturated carbocycles. The second-order valence-electron chi connectivity index (χ2n) is 5.09. The van der Waals surface area contributed by atoms with Crippen LogP contribution in [0.5, 0.6) is 0 Å². The second kappa shape index (κ2) is 7.00. The Morgan fingerprint density at radius 3 is 2.80 bits per heavy atom. The Balaban J connectivity index is 1.74. The zero-order valence-electron chi connectivity index (χ0n) is 13.6. The van der Waals surface area contributed by atoms with Gasteiger partial charge in [0.05, 0.1) is 25.3 Å². The van der Waals surface area contributed by atoms with E-state index in [9.17, 15) is 9.59 Å². The van der Waals surface area contributed by atoms with Crippen LogP contribution in [0.3, 0.4) is 0 Å². The summed E-state index contributed by atoms with van der Waals surface area (Å²) in [4.78, 5) is 28.1. The summed E-state index contributed by atoms with van der Waals surface area (Å²) in [5.41, 5.74) is 1.34. The summed E-state index contributed by atoms with van der Waals surface area (Å²) in [6, 6.07) is 6.95. The monoisotopic (exact) mass is 341 g/mol. The zero-order valence-corrected chi connectivity index (χ0v) is 13.6. The van der Waals surface area contributed by atoms with E-state index >= 15 is 0 Å². The summed E-state index contributed by atoms with van der Waals surface area (Å²) < 4.78 is 16.5. The molecular formula is C17H15N3O5. The number of nitrogens with zero attached hydrogens (tertiary/aromatic N) is 3. The molecule has 0 aliphatic carbocycles. The maximum atomic E-state index is 12.3. The molecule has 0 aliphatic rings. The minimum Gasteiger partial charge on any atom is -0.463 e. The lowest BCUT2D eigenvalue weighted by Gasteiger charge is -2.05. The van der Waals surface area contributed by atoms with Gasteiger partial charge in [0.15, 0.2) is 5.82 Å². The van der Waals surface area contributed by atoms with Crippen molar-refractivity contribution in [2.45, 2.75) is 13.5 Å². The predicted octanol–water partition coefficient (Wildman–Crippen LogP) is 2.31. The summed E-state index contributed by atoms with van der Waals surface area (Å²) in [6.45, 7) is 1.63. The molecule has 8 nitrogen and oxygen atoms in total. The van der Waals surface area contributed by atoms with Gasteiger partial charge in [-0.1, -0.05) is 6.07 Å². The molecule has 0 bridgehead atoms. The number of pyridine rings is 1. The Morgan fingerprint density at radius 1 is 1.24 bits per heavy atom. The number of carbonyl (C=O) groups is 2. The lowest BCUT2D eigenvalue weighted by Crippen LogP contribution is -2.09. The van der Waals surface area contributed by atoms with Crippen LogP contribution in [0.2, 0.25) is 0 Å². The largest absolute Gasteiger partial charge is 0.463 e. The Kier molecular flexibility index (Phi) is 4.60. The molecule has 0 spiro atoms. The van der Waals surface area contributed by atoms with E-state index < -0.39 is 11.9 Å². The van der Waals surface area contributed by atoms with Crippen molar-refractivity contribution < 1.29 is 23.5 Å². The van der Waals surface area contributed by atoms with E-state index in [0.29, 0.717) is 22.6 Å². The van der Waals surface area contributed by atoms with E-state index in [4.69, 9.17) is 9.15 Å². The summed E-state index contributed by atoms with van der Waals surface area (Å²) in [7, 11) is 1.25. The highest BCUT2D eigenvalue weighted by atomic mass is 16.5. The van der Waals surface area contributed by atoms with Gasteiger partial charge in [0, 0.05) is 11.8 Å². The molecule has 0 atom stereocenters. The molecule has 0 aliphatic heterocycles. The van der Waals surface area contributed by atoms with E-state index in [0.717, 1.165) is 0 Å². The third kappa shape index (κ3) is 3.27. The van der Waals surface area contributed by atoms with Gasteiger partial charge >= 0.3 is 11.9 Å². The average Bonchev–Trinajstić information content (AvgIpc) is 3.26. The van der Waals surface area contributed by atoms with Crippen LogP contribution < -0.4 is 0 Å². The first-order chi connectivity index (χ1) is 12.1. The quantitative estimate of drug-likeness (QED) is 0.657. The maximum Gasteiger partial charge on any atom is 0.374 e. The van der Waals surface area contributed by atoms with Gasteiger partial charge in [0.1, 0.15) is 12.2 Å². The molecule has 3 rings (SSSR count). The van der Waals surface area contributed by atoms with Crippen LogP contribution in [-0.4, -0.2) is 33.8 Å². The molecule has 25 heavy (non-hydrogen) atoms. The Morgan fingerprint density at radius 2 is 2.08 bits per heavy atom. The fraction of sp³-hybridized carbons (Fsp3) is 0.176. The SMILES string of the molecule is COC(=O)c1occc1COC(=O)c1cnn(-c2ccccn2)c1C. The highest BCUT2D eigenvalue weighted by Gasteiger charge is 2.20. The molecule has 0 unspecified atom stereocenters. The van der Waals surface area contributed by atoms with Crippen LogP contribution in [0.15, 0.2) is 47.3 Å². The number of rotatable bonds is 5. The van der Waals surface area contributed by atoms with E-state index in [1.54, 1.807) is 36.0 Å². The Labute approximate surface area is 143 Å². The predicted molar refractivity (Wildman–Crippen MR) is 85.3 cm³/mol. The van der Waals surface area contributed by atoms with Crippen LogP contribution in [0.4, 0.5) is 0 Å². The normalized spacial score (nSPS) is 10.5. The van der Waals surface area contributed by atoms with Crippen molar-refractivity contribution in [3.63, 3.8) is 0 Å². The van der Waals surface area contributed by atoms with Crippen molar-refractivity contribution in [1.29, 1.82) is 0 Å². The van der Waals surface area contributed by atoms with Gasteiger partial charge in [-0.2, -0.15) is 5.10 Å². The Hall–Kier alpha value is -3.42. The zero-order chi connectivity index (χ0) is 17.8.